The molecule has 1 saturated carbocycles. The van der Waals surface area contributed by atoms with E-state index in [0.717, 1.165) is 31.7 Å². The molecule has 4 rings (SSSR count). The normalized spacial score (nSPS) is 22.2. The van der Waals surface area contributed by atoms with E-state index in [1.165, 1.54) is 24.8 Å². The predicted octanol–water partition coefficient (Wildman–Crippen LogP) is 7.03. The first-order valence-corrected chi connectivity index (χ1v) is 16.7. The molecule has 5 heteroatoms. The number of likely N-dealkylation sites (tertiary alicyclic amines) is 1. The Labute approximate surface area is 219 Å². The van der Waals surface area contributed by atoms with Crippen LogP contribution in [0.15, 0.2) is 60.7 Å². The zero-order valence-corrected chi connectivity index (χ0v) is 23.9. The van der Waals surface area contributed by atoms with Crippen molar-refractivity contribution in [3.05, 3.63) is 71.8 Å². The number of carbonyl (C=O) groups is 1. The highest BCUT2D eigenvalue weighted by atomic mass is 28.4. The van der Waals surface area contributed by atoms with Gasteiger partial charge >= 0.3 is 5.97 Å². The lowest BCUT2D eigenvalue weighted by molar-refractivity contribution is -0.152. The van der Waals surface area contributed by atoms with Crippen molar-refractivity contribution in [1.29, 1.82) is 0 Å². The number of hydrogen-bond acceptors (Lipinski definition) is 4. The molecule has 0 aromatic heterocycles. The van der Waals surface area contributed by atoms with E-state index in [0.29, 0.717) is 24.4 Å². The lowest BCUT2D eigenvalue weighted by atomic mass is 9.80. The molecule has 196 valence electrons. The summed E-state index contributed by atoms with van der Waals surface area (Å²) in [5.41, 5.74) is 2.39. The number of ether oxygens (including phenoxy) is 1. The Hall–Kier alpha value is -1.95. The zero-order chi connectivity index (χ0) is 25.8. The second-order valence-electron chi connectivity index (χ2n) is 12.4. The van der Waals surface area contributed by atoms with Gasteiger partial charge in [0.25, 0.3) is 0 Å². The number of rotatable bonds is 10. The summed E-state index contributed by atoms with van der Waals surface area (Å²) in [6, 6.07) is 20.6. The maximum absolute atomic E-state index is 13.5. The van der Waals surface area contributed by atoms with Gasteiger partial charge in [-0.25, -0.2) is 0 Å². The van der Waals surface area contributed by atoms with Crippen molar-refractivity contribution in [2.45, 2.75) is 83.2 Å². The van der Waals surface area contributed by atoms with E-state index in [4.69, 9.17) is 9.16 Å². The Morgan fingerprint density at radius 2 is 1.64 bits per heavy atom. The average Bonchev–Trinajstić information content (AvgIpc) is 3.25. The molecule has 0 amide bonds. The first kappa shape index (κ1) is 27.1. The van der Waals surface area contributed by atoms with Crippen LogP contribution in [-0.4, -0.2) is 44.9 Å². The van der Waals surface area contributed by atoms with E-state index < -0.39 is 8.32 Å². The van der Waals surface area contributed by atoms with E-state index in [1.54, 1.807) is 0 Å². The number of nitrogens with zero attached hydrogens (tertiary/aromatic N) is 1. The summed E-state index contributed by atoms with van der Waals surface area (Å²) in [5, 5.41) is 0.182. The van der Waals surface area contributed by atoms with Crippen LogP contribution in [0.25, 0.3) is 0 Å². The number of esters is 1. The molecule has 4 nitrogen and oxygen atoms in total. The van der Waals surface area contributed by atoms with Crippen LogP contribution in [0.1, 0.15) is 63.5 Å². The first-order chi connectivity index (χ1) is 17.1. The quantitative estimate of drug-likeness (QED) is 0.256. The van der Waals surface area contributed by atoms with Crippen molar-refractivity contribution in [2.24, 2.45) is 11.8 Å². The highest BCUT2D eigenvalue weighted by Crippen LogP contribution is 2.41. The van der Waals surface area contributed by atoms with Gasteiger partial charge in [-0.2, -0.15) is 0 Å². The molecule has 0 N–H and O–H groups in total. The maximum Gasteiger partial charge on any atom is 0.323 e. The van der Waals surface area contributed by atoms with Crippen molar-refractivity contribution in [1.82, 2.24) is 4.90 Å². The van der Waals surface area contributed by atoms with Crippen molar-refractivity contribution in [3.8, 4) is 0 Å². The van der Waals surface area contributed by atoms with E-state index in [1.807, 2.05) is 30.3 Å². The summed E-state index contributed by atoms with van der Waals surface area (Å²) >= 11 is 0. The van der Waals surface area contributed by atoms with Crippen molar-refractivity contribution in [3.63, 3.8) is 0 Å². The van der Waals surface area contributed by atoms with E-state index in [2.05, 4.69) is 69.1 Å². The molecule has 1 heterocycles. The molecule has 2 fully saturated rings. The summed E-state index contributed by atoms with van der Waals surface area (Å²) in [5.74, 6) is 1.30. The number of benzene rings is 2. The maximum atomic E-state index is 13.5. The molecule has 1 aliphatic heterocycles. The summed E-state index contributed by atoms with van der Waals surface area (Å²) < 4.78 is 12.6. The minimum Gasteiger partial charge on any atom is -0.460 e. The lowest BCUT2D eigenvalue weighted by Crippen LogP contribution is -2.44. The molecule has 36 heavy (non-hydrogen) atoms. The van der Waals surface area contributed by atoms with E-state index >= 15 is 0 Å². The third-order valence-corrected chi connectivity index (χ3v) is 13.4. The van der Waals surface area contributed by atoms with Crippen molar-refractivity contribution in [2.75, 3.05) is 19.7 Å². The van der Waals surface area contributed by atoms with Gasteiger partial charge in [-0.1, -0.05) is 101 Å². The van der Waals surface area contributed by atoms with Crippen LogP contribution >= 0.6 is 0 Å². The minimum absolute atomic E-state index is 0.0662. The Kier molecular flexibility index (Phi) is 8.74. The predicted molar refractivity (Wildman–Crippen MR) is 149 cm³/mol. The minimum atomic E-state index is -1.86. The molecule has 0 radical (unpaired) electrons. The fourth-order valence-electron chi connectivity index (χ4n) is 5.20. The van der Waals surface area contributed by atoms with Gasteiger partial charge in [0.15, 0.2) is 8.32 Å². The molecule has 0 spiro atoms. The fraction of sp³-hybridized carbons (Fsp3) is 0.581. The summed E-state index contributed by atoms with van der Waals surface area (Å²) in [7, 11) is -1.86. The average molecular weight is 508 g/mol. The SMILES string of the molecule is CC(C)(C)[Si](C)(C)OC[C@H]1CN([C@H](CC2CCC2)C(=O)OCc2ccccc2)C[C@@H]1c1ccccc1. The monoisotopic (exact) mass is 507 g/mol. The molecule has 2 aromatic carbocycles. The molecule has 1 aliphatic carbocycles. The van der Waals surface area contributed by atoms with Gasteiger partial charge in [0.2, 0.25) is 0 Å². The van der Waals surface area contributed by atoms with Gasteiger partial charge in [0.1, 0.15) is 12.6 Å². The first-order valence-electron chi connectivity index (χ1n) is 13.8. The third-order valence-electron chi connectivity index (χ3n) is 8.88. The number of carbonyl (C=O) groups excluding carboxylic acids is 1. The van der Waals surface area contributed by atoms with Crippen LogP contribution in [0.2, 0.25) is 18.1 Å². The number of hydrogen-bond donors (Lipinski definition) is 0. The van der Waals surface area contributed by atoms with Gasteiger partial charge in [-0.15, -0.1) is 0 Å². The molecule has 0 unspecified atom stereocenters. The summed E-state index contributed by atoms with van der Waals surface area (Å²) in [4.78, 5) is 15.9. The molecule has 2 aliphatic rings. The molecule has 1 saturated heterocycles. The van der Waals surface area contributed by atoms with E-state index in [9.17, 15) is 4.79 Å². The van der Waals surface area contributed by atoms with Crippen LogP contribution in [0.5, 0.6) is 0 Å². The highest BCUT2D eigenvalue weighted by molar-refractivity contribution is 6.74. The lowest BCUT2D eigenvalue weighted by Gasteiger charge is -2.37. The van der Waals surface area contributed by atoms with Crippen molar-refractivity contribution >= 4 is 14.3 Å². The smallest absolute Gasteiger partial charge is 0.323 e. The standard InChI is InChI=1S/C31H45NO3Si/c1-31(2,3)36(4,5)35-23-27-20-32(21-28(27)26-17-10-7-11-18-26)29(19-24-15-12-16-24)30(33)34-22-25-13-8-6-9-14-25/h6-11,13-14,17-18,24,27-29H,12,15-16,19-23H2,1-5H3/t27-,28-,29-/m1/s1. The summed E-state index contributed by atoms with van der Waals surface area (Å²) in [6.07, 6.45) is 4.66. The topological polar surface area (TPSA) is 38.8 Å². The molecular formula is C31H45NO3Si. The van der Waals surface area contributed by atoms with Gasteiger partial charge in [0, 0.05) is 31.5 Å². The highest BCUT2D eigenvalue weighted by Gasteiger charge is 2.43. The zero-order valence-electron chi connectivity index (χ0n) is 22.9. The van der Waals surface area contributed by atoms with Crippen LogP contribution in [0, 0.1) is 11.8 Å². The fourth-order valence-corrected chi connectivity index (χ4v) is 6.26. The van der Waals surface area contributed by atoms with Crippen LogP contribution in [-0.2, 0) is 20.6 Å². The van der Waals surface area contributed by atoms with Gasteiger partial charge < -0.3 is 9.16 Å². The molecular weight excluding hydrogens is 462 g/mol. The van der Waals surface area contributed by atoms with E-state index in [-0.39, 0.29) is 17.0 Å². The van der Waals surface area contributed by atoms with Crippen LogP contribution < -0.4 is 0 Å². The largest absolute Gasteiger partial charge is 0.460 e. The van der Waals surface area contributed by atoms with Gasteiger partial charge in [-0.05, 0) is 41.6 Å². The van der Waals surface area contributed by atoms with Crippen molar-refractivity contribution < 1.29 is 14.0 Å². The Bertz CT molecular complexity index is 968. The van der Waals surface area contributed by atoms with Crippen LogP contribution in [0.4, 0.5) is 0 Å². The van der Waals surface area contributed by atoms with Crippen LogP contribution in [0.3, 0.4) is 0 Å². The Morgan fingerprint density at radius 3 is 2.22 bits per heavy atom. The molecule has 2 aromatic rings. The third kappa shape index (κ3) is 6.67. The Balaban J connectivity index is 1.50. The van der Waals surface area contributed by atoms with Gasteiger partial charge in [0.05, 0.1) is 0 Å². The molecule has 0 bridgehead atoms. The van der Waals surface area contributed by atoms with Gasteiger partial charge in [-0.3, -0.25) is 9.69 Å². The summed E-state index contributed by atoms with van der Waals surface area (Å²) in [6.45, 7) is 14.4. The Morgan fingerprint density at radius 1 is 1.00 bits per heavy atom. The second-order valence-corrected chi connectivity index (χ2v) is 17.3. The molecule has 3 atom stereocenters. The second kappa shape index (κ2) is 11.6.